The van der Waals surface area contributed by atoms with E-state index in [9.17, 15) is 0 Å². The Morgan fingerprint density at radius 1 is 1.56 bits per heavy atom. The highest BCUT2D eigenvalue weighted by Crippen LogP contribution is 2.35. The van der Waals surface area contributed by atoms with E-state index >= 15 is 0 Å². The van der Waals surface area contributed by atoms with Crippen molar-refractivity contribution in [1.82, 2.24) is 14.9 Å². The highest BCUT2D eigenvalue weighted by molar-refractivity contribution is 7.99. The van der Waals surface area contributed by atoms with Gasteiger partial charge in [0, 0.05) is 37.7 Å². The molecule has 0 saturated heterocycles. The molecular formula is C13H23N3OS. The van der Waals surface area contributed by atoms with Gasteiger partial charge >= 0.3 is 0 Å². The summed E-state index contributed by atoms with van der Waals surface area (Å²) in [5.41, 5.74) is 1.12. The zero-order chi connectivity index (χ0) is 12.8. The van der Waals surface area contributed by atoms with Gasteiger partial charge < -0.3 is 14.6 Å². The molecule has 0 spiro atoms. The molecule has 1 saturated carbocycles. The zero-order valence-electron chi connectivity index (χ0n) is 11.3. The predicted molar refractivity (Wildman–Crippen MR) is 76.0 cm³/mol. The first-order chi connectivity index (χ1) is 8.83. The fourth-order valence-electron chi connectivity index (χ4n) is 2.46. The summed E-state index contributed by atoms with van der Waals surface area (Å²) in [7, 11) is 1.72. The summed E-state index contributed by atoms with van der Waals surface area (Å²) in [6.07, 6.45) is 10.3. The van der Waals surface area contributed by atoms with Gasteiger partial charge in [-0.05, 0) is 25.5 Å². The number of imidazole rings is 1. The minimum atomic E-state index is 0.655. The third-order valence-corrected chi connectivity index (χ3v) is 4.65. The molecule has 1 aliphatic carbocycles. The van der Waals surface area contributed by atoms with E-state index in [2.05, 4.69) is 27.3 Å². The maximum atomic E-state index is 5.00. The zero-order valence-corrected chi connectivity index (χ0v) is 12.1. The van der Waals surface area contributed by atoms with Crippen molar-refractivity contribution in [2.24, 2.45) is 0 Å². The van der Waals surface area contributed by atoms with Gasteiger partial charge in [-0.25, -0.2) is 4.98 Å². The second-order valence-corrected chi connectivity index (χ2v) is 5.94. The number of aromatic nitrogens is 2. The van der Waals surface area contributed by atoms with E-state index < -0.39 is 0 Å². The van der Waals surface area contributed by atoms with Gasteiger partial charge in [-0.3, -0.25) is 0 Å². The van der Waals surface area contributed by atoms with Crippen molar-refractivity contribution in [3.05, 3.63) is 18.2 Å². The molecule has 1 aromatic rings. The summed E-state index contributed by atoms with van der Waals surface area (Å²) in [6.45, 7) is 2.45. The molecule has 0 radical (unpaired) electrons. The Hall–Kier alpha value is -0.520. The van der Waals surface area contributed by atoms with Crippen molar-refractivity contribution < 1.29 is 4.74 Å². The number of rotatable bonds is 7. The summed E-state index contributed by atoms with van der Waals surface area (Å²) >= 11 is 2.00. The Labute approximate surface area is 114 Å². The molecular weight excluding hydrogens is 246 g/mol. The van der Waals surface area contributed by atoms with Gasteiger partial charge in [-0.2, -0.15) is 11.8 Å². The van der Waals surface area contributed by atoms with Crippen LogP contribution in [0.4, 0.5) is 0 Å². The molecule has 2 rings (SSSR count). The van der Waals surface area contributed by atoms with E-state index in [0.717, 1.165) is 30.6 Å². The van der Waals surface area contributed by atoms with E-state index in [4.69, 9.17) is 4.74 Å². The average Bonchev–Trinajstić information content (AvgIpc) is 3.03. The molecule has 1 fully saturated rings. The lowest BCUT2D eigenvalue weighted by atomic mass is 10.2. The van der Waals surface area contributed by atoms with Gasteiger partial charge in [-0.15, -0.1) is 0 Å². The van der Waals surface area contributed by atoms with Crippen molar-refractivity contribution >= 4 is 11.8 Å². The van der Waals surface area contributed by atoms with Gasteiger partial charge in [0.25, 0.3) is 0 Å². The maximum absolute atomic E-state index is 5.00. The van der Waals surface area contributed by atoms with Gasteiger partial charge in [-0.1, -0.05) is 0 Å². The average molecular weight is 269 g/mol. The molecule has 2 atom stereocenters. The van der Waals surface area contributed by atoms with Crippen LogP contribution in [0.5, 0.6) is 0 Å². The SMILES string of the molecule is COCCNCc1cn(C2CCC(SC)C2)cn1. The third-order valence-electron chi connectivity index (χ3n) is 3.56. The first kappa shape index (κ1) is 13.9. The second kappa shape index (κ2) is 7.16. The molecule has 1 aromatic heterocycles. The van der Waals surface area contributed by atoms with Crippen molar-refractivity contribution in [3.8, 4) is 0 Å². The van der Waals surface area contributed by atoms with Crippen LogP contribution in [0.15, 0.2) is 12.5 Å². The van der Waals surface area contributed by atoms with Crippen molar-refractivity contribution in [1.29, 1.82) is 0 Å². The van der Waals surface area contributed by atoms with Crippen LogP contribution in [0.2, 0.25) is 0 Å². The van der Waals surface area contributed by atoms with E-state index in [1.54, 1.807) is 7.11 Å². The summed E-state index contributed by atoms with van der Waals surface area (Å²) in [4.78, 5) is 4.46. The molecule has 4 nitrogen and oxygen atoms in total. The number of methoxy groups -OCH3 is 1. The molecule has 5 heteroatoms. The number of nitrogens with zero attached hydrogens (tertiary/aromatic N) is 2. The lowest BCUT2D eigenvalue weighted by Crippen LogP contribution is -2.18. The van der Waals surface area contributed by atoms with Crippen LogP contribution >= 0.6 is 11.8 Å². The Bertz CT molecular complexity index is 356. The van der Waals surface area contributed by atoms with Gasteiger partial charge in [0.05, 0.1) is 18.6 Å². The van der Waals surface area contributed by atoms with Gasteiger partial charge in [0.15, 0.2) is 0 Å². The molecule has 1 N–H and O–H groups in total. The first-order valence-corrected chi connectivity index (χ1v) is 7.87. The number of ether oxygens (including phenoxy) is 1. The van der Waals surface area contributed by atoms with Crippen LogP contribution in [0.3, 0.4) is 0 Å². The summed E-state index contributed by atoms with van der Waals surface area (Å²) in [6, 6.07) is 0.655. The molecule has 1 aliphatic rings. The van der Waals surface area contributed by atoms with Crippen LogP contribution in [0.1, 0.15) is 31.0 Å². The minimum Gasteiger partial charge on any atom is -0.383 e. The van der Waals surface area contributed by atoms with Crippen molar-refractivity contribution in [2.45, 2.75) is 37.1 Å². The lowest BCUT2D eigenvalue weighted by molar-refractivity contribution is 0.199. The van der Waals surface area contributed by atoms with Crippen molar-refractivity contribution in [3.63, 3.8) is 0 Å². The fourth-order valence-corrected chi connectivity index (χ4v) is 3.25. The Balaban J connectivity index is 1.79. The fraction of sp³-hybridized carbons (Fsp3) is 0.769. The predicted octanol–water partition coefficient (Wildman–Crippen LogP) is 2.08. The highest BCUT2D eigenvalue weighted by atomic mass is 32.2. The van der Waals surface area contributed by atoms with E-state index in [1.165, 1.54) is 19.3 Å². The third kappa shape index (κ3) is 3.73. The summed E-state index contributed by atoms with van der Waals surface area (Å²) < 4.78 is 7.30. The van der Waals surface area contributed by atoms with Gasteiger partial charge in [0.1, 0.15) is 0 Å². The van der Waals surface area contributed by atoms with Gasteiger partial charge in [0.2, 0.25) is 0 Å². The Kier molecular flexibility index (Phi) is 5.53. The van der Waals surface area contributed by atoms with Crippen LogP contribution in [-0.2, 0) is 11.3 Å². The normalized spacial score (nSPS) is 23.7. The summed E-state index contributed by atoms with van der Waals surface area (Å²) in [5.74, 6) is 0. The highest BCUT2D eigenvalue weighted by Gasteiger charge is 2.25. The largest absolute Gasteiger partial charge is 0.383 e. The summed E-state index contributed by atoms with van der Waals surface area (Å²) in [5, 5.41) is 4.16. The number of hydrogen-bond donors (Lipinski definition) is 1. The number of hydrogen-bond acceptors (Lipinski definition) is 4. The standard InChI is InChI=1S/C13H23N3OS/c1-17-6-5-14-8-11-9-16(10-15-11)12-3-4-13(7-12)18-2/h9-10,12-14H,3-8H2,1-2H3. The molecule has 102 valence electrons. The van der Waals surface area contributed by atoms with E-state index in [-0.39, 0.29) is 0 Å². The number of nitrogens with one attached hydrogen (secondary N) is 1. The molecule has 18 heavy (non-hydrogen) atoms. The van der Waals surface area contributed by atoms with E-state index in [1.807, 2.05) is 18.1 Å². The van der Waals surface area contributed by atoms with Crippen LogP contribution in [-0.4, -0.2) is 41.3 Å². The van der Waals surface area contributed by atoms with Crippen LogP contribution in [0.25, 0.3) is 0 Å². The van der Waals surface area contributed by atoms with Crippen LogP contribution < -0.4 is 5.32 Å². The topological polar surface area (TPSA) is 39.1 Å². The second-order valence-electron chi connectivity index (χ2n) is 4.81. The Morgan fingerprint density at radius 2 is 2.44 bits per heavy atom. The van der Waals surface area contributed by atoms with E-state index in [0.29, 0.717) is 6.04 Å². The monoisotopic (exact) mass is 269 g/mol. The molecule has 0 aliphatic heterocycles. The quantitative estimate of drug-likeness (QED) is 0.769. The Morgan fingerprint density at radius 3 is 3.17 bits per heavy atom. The molecule has 0 aromatic carbocycles. The van der Waals surface area contributed by atoms with Crippen LogP contribution in [0, 0.1) is 0 Å². The molecule has 0 amide bonds. The molecule has 2 unspecified atom stereocenters. The number of thioether (sulfide) groups is 1. The smallest absolute Gasteiger partial charge is 0.0952 e. The van der Waals surface area contributed by atoms with Crippen molar-refractivity contribution in [2.75, 3.05) is 26.5 Å². The lowest BCUT2D eigenvalue weighted by Gasteiger charge is -2.11. The molecule has 1 heterocycles. The minimum absolute atomic E-state index is 0.655. The maximum Gasteiger partial charge on any atom is 0.0952 e. The molecule has 0 bridgehead atoms. The first-order valence-electron chi connectivity index (χ1n) is 6.58.